The molecule has 1 heterocycles. The number of hydrogen-bond acceptors (Lipinski definition) is 2. The number of sulfonamides is 1. The van der Waals surface area contributed by atoms with Crippen LogP contribution in [-0.2, 0) is 21.9 Å². The smallest absolute Gasteiger partial charge is 0.229 e. The van der Waals surface area contributed by atoms with Crippen LogP contribution in [0.2, 0.25) is 0 Å². The SMILES string of the molecule is CC1(c2c[nH]c3c(NS(C)(=O)=O)cccc23)CCc2cc(F)ccc21. The highest BCUT2D eigenvalue weighted by Gasteiger charge is 2.37. The van der Waals surface area contributed by atoms with Gasteiger partial charge in [0.15, 0.2) is 0 Å². The molecule has 25 heavy (non-hydrogen) atoms. The molecule has 1 atom stereocenters. The molecular weight excluding hydrogens is 339 g/mol. The molecule has 130 valence electrons. The zero-order chi connectivity index (χ0) is 17.8. The Balaban J connectivity index is 1.88. The molecule has 2 N–H and O–H groups in total. The maximum Gasteiger partial charge on any atom is 0.229 e. The number of aryl methyl sites for hydroxylation is 1. The summed E-state index contributed by atoms with van der Waals surface area (Å²) < 4.78 is 39.3. The number of halogens is 1. The van der Waals surface area contributed by atoms with E-state index in [0.717, 1.165) is 46.7 Å². The first-order valence-electron chi connectivity index (χ1n) is 8.15. The summed E-state index contributed by atoms with van der Waals surface area (Å²) in [5, 5.41) is 0.980. The van der Waals surface area contributed by atoms with Gasteiger partial charge in [-0.2, -0.15) is 0 Å². The maximum atomic E-state index is 13.5. The van der Waals surface area contributed by atoms with Crippen LogP contribution in [0.15, 0.2) is 42.6 Å². The second kappa shape index (κ2) is 5.33. The van der Waals surface area contributed by atoms with Crippen molar-refractivity contribution in [3.63, 3.8) is 0 Å². The van der Waals surface area contributed by atoms with Gasteiger partial charge in [0.25, 0.3) is 0 Å². The number of benzene rings is 2. The second-order valence-electron chi connectivity index (χ2n) is 6.94. The van der Waals surface area contributed by atoms with Gasteiger partial charge < -0.3 is 4.98 Å². The van der Waals surface area contributed by atoms with Gasteiger partial charge in [-0.1, -0.05) is 25.1 Å². The van der Waals surface area contributed by atoms with E-state index in [-0.39, 0.29) is 11.2 Å². The van der Waals surface area contributed by atoms with Crippen molar-refractivity contribution in [1.82, 2.24) is 4.98 Å². The van der Waals surface area contributed by atoms with E-state index in [4.69, 9.17) is 0 Å². The number of aromatic nitrogens is 1. The monoisotopic (exact) mass is 358 g/mol. The van der Waals surface area contributed by atoms with Crippen LogP contribution in [0.4, 0.5) is 10.1 Å². The molecule has 0 spiro atoms. The molecule has 0 saturated heterocycles. The number of fused-ring (bicyclic) bond motifs is 2. The lowest BCUT2D eigenvalue weighted by Crippen LogP contribution is -2.19. The van der Waals surface area contributed by atoms with Crippen LogP contribution in [0, 0.1) is 5.82 Å². The third-order valence-corrected chi connectivity index (χ3v) is 5.75. The minimum Gasteiger partial charge on any atom is -0.359 e. The first kappa shape index (κ1) is 16.1. The molecule has 0 bridgehead atoms. The summed E-state index contributed by atoms with van der Waals surface area (Å²) in [5.41, 5.74) is 4.35. The molecule has 4 nitrogen and oxygen atoms in total. The number of anilines is 1. The van der Waals surface area contributed by atoms with Crippen molar-refractivity contribution in [1.29, 1.82) is 0 Å². The van der Waals surface area contributed by atoms with Crippen LogP contribution in [-0.4, -0.2) is 19.7 Å². The van der Waals surface area contributed by atoms with Crippen molar-refractivity contribution in [3.05, 3.63) is 65.1 Å². The summed E-state index contributed by atoms with van der Waals surface area (Å²) in [5.74, 6) is -0.207. The molecule has 4 rings (SSSR count). The van der Waals surface area contributed by atoms with Crippen molar-refractivity contribution in [2.75, 3.05) is 11.0 Å². The summed E-state index contributed by atoms with van der Waals surface area (Å²) in [6.07, 6.45) is 4.80. The van der Waals surface area contributed by atoms with E-state index < -0.39 is 10.0 Å². The molecule has 1 aromatic heterocycles. The van der Waals surface area contributed by atoms with Crippen LogP contribution < -0.4 is 4.72 Å². The molecule has 0 amide bonds. The lowest BCUT2D eigenvalue weighted by atomic mass is 9.77. The third kappa shape index (κ3) is 2.61. The van der Waals surface area contributed by atoms with Gasteiger partial charge in [0.05, 0.1) is 17.5 Å². The zero-order valence-corrected chi connectivity index (χ0v) is 14.9. The fourth-order valence-electron chi connectivity index (χ4n) is 4.00. The number of hydrogen-bond donors (Lipinski definition) is 2. The molecule has 1 aliphatic carbocycles. The van der Waals surface area contributed by atoms with Gasteiger partial charge in [0.2, 0.25) is 10.0 Å². The average molecular weight is 358 g/mol. The second-order valence-corrected chi connectivity index (χ2v) is 8.69. The number of H-pyrrole nitrogens is 1. The van der Waals surface area contributed by atoms with Gasteiger partial charge in [0, 0.05) is 17.0 Å². The van der Waals surface area contributed by atoms with Gasteiger partial charge in [-0.05, 0) is 47.7 Å². The van der Waals surface area contributed by atoms with Crippen LogP contribution in [0.25, 0.3) is 10.9 Å². The van der Waals surface area contributed by atoms with E-state index in [1.165, 1.54) is 6.07 Å². The molecule has 0 saturated carbocycles. The van der Waals surface area contributed by atoms with Crippen molar-refractivity contribution in [3.8, 4) is 0 Å². The van der Waals surface area contributed by atoms with Crippen LogP contribution in [0.5, 0.6) is 0 Å². The lowest BCUT2D eigenvalue weighted by molar-refractivity contribution is 0.570. The Labute approximate surface area is 146 Å². The van der Waals surface area contributed by atoms with Gasteiger partial charge in [-0.25, -0.2) is 12.8 Å². The van der Waals surface area contributed by atoms with Gasteiger partial charge in [-0.3, -0.25) is 4.72 Å². The largest absolute Gasteiger partial charge is 0.359 e. The highest BCUT2D eigenvalue weighted by atomic mass is 32.2. The molecule has 0 aliphatic heterocycles. The summed E-state index contributed by atoms with van der Waals surface area (Å²) in [6.45, 7) is 2.16. The fourth-order valence-corrected chi connectivity index (χ4v) is 4.57. The number of rotatable bonds is 3. The Morgan fingerprint density at radius 2 is 2.00 bits per heavy atom. The van der Waals surface area contributed by atoms with E-state index in [1.807, 2.05) is 24.4 Å². The standard InChI is InChI=1S/C19H19FN2O2S/c1-19(9-8-12-10-13(20)6-7-15(12)19)16-11-21-18-14(16)4-3-5-17(18)22-25(2,23)24/h3-7,10-11,21-22H,8-9H2,1-2H3. The molecule has 1 unspecified atom stereocenters. The number of para-hydroxylation sites is 1. The predicted molar refractivity (Wildman–Crippen MR) is 97.9 cm³/mol. The summed E-state index contributed by atoms with van der Waals surface area (Å²) in [6, 6.07) is 10.6. The quantitative estimate of drug-likeness (QED) is 0.745. The van der Waals surface area contributed by atoms with Crippen molar-refractivity contribution in [2.24, 2.45) is 0 Å². The first-order chi connectivity index (χ1) is 11.8. The molecule has 1 aliphatic rings. The summed E-state index contributed by atoms with van der Waals surface area (Å²) in [7, 11) is -3.36. The van der Waals surface area contributed by atoms with Crippen molar-refractivity contribution < 1.29 is 12.8 Å². The van der Waals surface area contributed by atoms with E-state index in [1.54, 1.807) is 12.1 Å². The van der Waals surface area contributed by atoms with Crippen LogP contribution in [0.1, 0.15) is 30.0 Å². The van der Waals surface area contributed by atoms with Crippen LogP contribution in [0.3, 0.4) is 0 Å². The molecule has 0 fully saturated rings. The minimum absolute atomic E-state index is 0.207. The number of nitrogens with one attached hydrogen (secondary N) is 2. The Morgan fingerprint density at radius 1 is 1.20 bits per heavy atom. The molecular formula is C19H19FN2O2S. The Kier molecular flexibility index (Phi) is 3.44. The Bertz CT molecular complexity index is 1090. The molecule has 3 aromatic rings. The Hall–Kier alpha value is -2.34. The van der Waals surface area contributed by atoms with E-state index in [0.29, 0.717) is 5.69 Å². The lowest BCUT2D eigenvalue weighted by Gasteiger charge is -2.25. The maximum absolute atomic E-state index is 13.5. The fraction of sp³-hybridized carbons (Fsp3) is 0.263. The zero-order valence-electron chi connectivity index (χ0n) is 14.1. The molecule has 6 heteroatoms. The highest BCUT2D eigenvalue weighted by Crippen LogP contribution is 2.46. The highest BCUT2D eigenvalue weighted by molar-refractivity contribution is 7.92. The minimum atomic E-state index is -3.36. The van der Waals surface area contributed by atoms with Crippen LogP contribution >= 0.6 is 0 Å². The topological polar surface area (TPSA) is 62.0 Å². The first-order valence-corrected chi connectivity index (χ1v) is 10.0. The number of aromatic amines is 1. The van der Waals surface area contributed by atoms with Crippen molar-refractivity contribution in [2.45, 2.75) is 25.2 Å². The average Bonchev–Trinajstić information content (AvgIpc) is 3.09. The third-order valence-electron chi connectivity index (χ3n) is 5.16. The summed E-state index contributed by atoms with van der Waals surface area (Å²) >= 11 is 0. The van der Waals surface area contributed by atoms with Gasteiger partial charge in [0.1, 0.15) is 5.82 Å². The van der Waals surface area contributed by atoms with E-state index in [9.17, 15) is 12.8 Å². The molecule has 0 radical (unpaired) electrons. The normalized spacial score (nSPS) is 20.0. The van der Waals surface area contributed by atoms with Gasteiger partial charge in [-0.15, -0.1) is 0 Å². The molecule has 2 aromatic carbocycles. The van der Waals surface area contributed by atoms with E-state index >= 15 is 0 Å². The summed E-state index contributed by atoms with van der Waals surface area (Å²) in [4.78, 5) is 3.22. The Morgan fingerprint density at radius 3 is 2.76 bits per heavy atom. The predicted octanol–water partition coefficient (Wildman–Crippen LogP) is 3.93. The van der Waals surface area contributed by atoms with Gasteiger partial charge >= 0.3 is 0 Å². The van der Waals surface area contributed by atoms with Crippen molar-refractivity contribution >= 4 is 26.6 Å². The van der Waals surface area contributed by atoms with E-state index in [2.05, 4.69) is 16.6 Å².